The molecule has 1 aromatic carbocycles. The summed E-state index contributed by atoms with van der Waals surface area (Å²) in [5, 5.41) is 3.29. The summed E-state index contributed by atoms with van der Waals surface area (Å²) >= 11 is 1.30. The Labute approximate surface area is 143 Å². The zero-order chi connectivity index (χ0) is 16.4. The molecule has 0 spiro atoms. The minimum absolute atomic E-state index is 0.158. The van der Waals surface area contributed by atoms with Crippen molar-refractivity contribution in [2.75, 3.05) is 6.61 Å². The molecule has 0 saturated carbocycles. The zero-order valence-electron chi connectivity index (χ0n) is 12.6. The summed E-state index contributed by atoms with van der Waals surface area (Å²) in [7, 11) is 0. The highest BCUT2D eigenvalue weighted by Gasteiger charge is 2.24. The van der Waals surface area contributed by atoms with E-state index in [1.165, 1.54) is 11.8 Å². The summed E-state index contributed by atoms with van der Waals surface area (Å²) in [6.07, 6.45) is 5.55. The standard InChI is InChI=1S/C18H13N3O2S/c22-17-15(24-18(21-17)20-16-7-3-4-8-19-16)10-12-9-13-5-1-2-6-14(13)23-11-12/h1-10H,11H2,(H,19,20,21,22). The summed E-state index contributed by atoms with van der Waals surface area (Å²) in [6.45, 7) is 0.446. The first-order chi connectivity index (χ1) is 11.8. The number of benzene rings is 1. The zero-order valence-corrected chi connectivity index (χ0v) is 13.4. The molecule has 0 atom stereocenters. The second-order valence-corrected chi connectivity index (χ2v) is 6.25. The van der Waals surface area contributed by atoms with E-state index in [1.807, 2.05) is 48.6 Å². The number of carbonyl (C=O) groups excluding carboxylic acids is 1. The maximum Gasteiger partial charge on any atom is 0.264 e. The van der Waals surface area contributed by atoms with Gasteiger partial charge in [-0.2, -0.15) is 0 Å². The molecule has 1 N–H and O–H groups in total. The van der Waals surface area contributed by atoms with Crippen LogP contribution < -0.4 is 10.1 Å². The van der Waals surface area contributed by atoms with Gasteiger partial charge in [0.15, 0.2) is 11.0 Å². The molecule has 3 heterocycles. The Morgan fingerprint density at radius 1 is 1.21 bits per heavy atom. The van der Waals surface area contributed by atoms with Crippen LogP contribution in [0.5, 0.6) is 5.75 Å². The van der Waals surface area contributed by atoms with Gasteiger partial charge in [0.05, 0.1) is 4.91 Å². The molecule has 5 nitrogen and oxygen atoms in total. The highest BCUT2D eigenvalue weighted by molar-refractivity contribution is 8.18. The number of rotatable bonds is 2. The van der Waals surface area contributed by atoms with Crippen LogP contribution in [0.1, 0.15) is 5.56 Å². The Balaban J connectivity index is 1.57. The molecule has 1 saturated heterocycles. The van der Waals surface area contributed by atoms with E-state index in [0.29, 0.717) is 22.5 Å². The fraction of sp³-hybridized carbons (Fsp3) is 0.0556. The lowest BCUT2D eigenvalue weighted by Gasteiger charge is -2.15. The normalized spacial score (nSPS) is 19.7. The largest absolute Gasteiger partial charge is 0.488 e. The molecule has 2 aliphatic rings. The molecule has 1 amide bonds. The molecule has 0 unspecified atom stereocenters. The number of amides is 1. The van der Waals surface area contributed by atoms with E-state index in [0.717, 1.165) is 16.9 Å². The van der Waals surface area contributed by atoms with E-state index in [4.69, 9.17) is 4.74 Å². The lowest BCUT2D eigenvalue weighted by atomic mass is 10.1. The third-order valence-corrected chi connectivity index (χ3v) is 4.40. The van der Waals surface area contributed by atoms with E-state index in [9.17, 15) is 4.79 Å². The number of aromatic nitrogens is 1. The van der Waals surface area contributed by atoms with Gasteiger partial charge in [0, 0.05) is 11.8 Å². The lowest BCUT2D eigenvalue weighted by Crippen LogP contribution is -2.19. The summed E-state index contributed by atoms with van der Waals surface area (Å²) in [4.78, 5) is 21.2. The Morgan fingerprint density at radius 3 is 2.96 bits per heavy atom. The first-order valence-corrected chi connectivity index (χ1v) is 8.22. The van der Waals surface area contributed by atoms with Gasteiger partial charge in [-0.15, -0.1) is 0 Å². The Bertz CT molecular complexity index is 888. The quantitative estimate of drug-likeness (QED) is 0.856. The van der Waals surface area contributed by atoms with Crippen molar-refractivity contribution in [3.63, 3.8) is 0 Å². The molecule has 0 bridgehead atoms. The second-order valence-electron chi connectivity index (χ2n) is 5.22. The maximum atomic E-state index is 12.1. The highest BCUT2D eigenvalue weighted by Crippen LogP contribution is 2.30. The number of ether oxygens (including phenoxy) is 1. The predicted molar refractivity (Wildman–Crippen MR) is 95.1 cm³/mol. The third kappa shape index (κ3) is 3.09. The Hall–Kier alpha value is -2.86. The molecule has 2 aromatic rings. The lowest BCUT2D eigenvalue weighted by molar-refractivity contribution is -0.115. The van der Waals surface area contributed by atoms with Gasteiger partial charge in [-0.3, -0.25) is 4.79 Å². The van der Waals surface area contributed by atoms with Crippen molar-refractivity contribution in [2.45, 2.75) is 0 Å². The number of carbonyl (C=O) groups is 1. The molecule has 2 aliphatic heterocycles. The molecular formula is C18H13N3O2S. The fourth-order valence-corrected chi connectivity index (χ4v) is 3.24. The molecule has 24 heavy (non-hydrogen) atoms. The predicted octanol–water partition coefficient (Wildman–Crippen LogP) is 3.29. The third-order valence-electron chi connectivity index (χ3n) is 3.49. The van der Waals surface area contributed by atoms with E-state index in [2.05, 4.69) is 15.3 Å². The number of fused-ring (bicyclic) bond motifs is 1. The van der Waals surface area contributed by atoms with Gasteiger partial charge in [-0.25, -0.2) is 9.98 Å². The van der Waals surface area contributed by atoms with Gasteiger partial charge in [0.1, 0.15) is 12.4 Å². The average molecular weight is 335 g/mol. The van der Waals surface area contributed by atoms with Crippen molar-refractivity contribution in [1.82, 2.24) is 10.3 Å². The number of nitrogens with zero attached hydrogens (tertiary/aromatic N) is 2. The van der Waals surface area contributed by atoms with E-state index < -0.39 is 0 Å². The van der Waals surface area contributed by atoms with Crippen LogP contribution in [0.2, 0.25) is 0 Å². The topological polar surface area (TPSA) is 63.6 Å². The monoisotopic (exact) mass is 335 g/mol. The summed E-state index contributed by atoms with van der Waals surface area (Å²) in [5.41, 5.74) is 1.96. The van der Waals surface area contributed by atoms with Gasteiger partial charge >= 0.3 is 0 Å². The van der Waals surface area contributed by atoms with Gasteiger partial charge < -0.3 is 10.1 Å². The van der Waals surface area contributed by atoms with Crippen LogP contribution in [0, 0.1) is 0 Å². The van der Waals surface area contributed by atoms with Crippen LogP contribution in [0.25, 0.3) is 6.08 Å². The Kier molecular flexibility index (Phi) is 3.88. The van der Waals surface area contributed by atoms with Gasteiger partial charge in [0.2, 0.25) is 0 Å². The van der Waals surface area contributed by atoms with E-state index in [-0.39, 0.29) is 5.91 Å². The van der Waals surface area contributed by atoms with Gasteiger partial charge in [-0.05, 0) is 47.7 Å². The van der Waals surface area contributed by atoms with Crippen LogP contribution in [-0.4, -0.2) is 22.7 Å². The number of amidine groups is 1. The number of para-hydroxylation sites is 1. The number of pyridine rings is 1. The van der Waals surface area contributed by atoms with Crippen LogP contribution in [0.3, 0.4) is 0 Å². The number of thioether (sulfide) groups is 1. The SMILES string of the molecule is O=C1NC(=Nc2ccccn2)SC1=CC1=Cc2ccccc2OC1. The second kappa shape index (κ2) is 6.33. The van der Waals surface area contributed by atoms with E-state index >= 15 is 0 Å². The average Bonchev–Trinajstić information content (AvgIpc) is 2.95. The van der Waals surface area contributed by atoms with Gasteiger partial charge in [0.25, 0.3) is 5.91 Å². The van der Waals surface area contributed by atoms with Crippen LogP contribution in [-0.2, 0) is 4.79 Å². The van der Waals surface area contributed by atoms with E-state index in [1.54, 1.807) is 12.3 Å². The smallest absolute Gasteiger partial charge is 0.264 e. The van der Waals surface area contributed by atoms with Gasteiger partial charge in [-0.1, -0.05) is 24.3 Å². The number of nitrogens with one attached hydrogen (secondary N) is 1. The summed E-state index contributed by atoms with van der Waals surface area (Å²) in [6, 6.07) is 13.3. The minimum atomic E-state index is -0.158. The van der Waals surface area contributed by atoms with Crippen LogP contribution in [0.15, 0.2) is 70.2 Å². The fourth-order valence-electron chi connectivity index (χ4n) is 2.39. The molecule has 1 aromatic heterocycles. The van der Waals surface area contributed by atoms with Crippen molar-refractivity contribution < 1.29 is 9.53 Å². The highest BCUT2D eigenvalue weighted by atomic mass is 32.2. The molecule has 0 radical (unpaired) electrons. The van der Waals surface area contributed by atoms with Crippen LogP contribution >= 0.6 is 11.8 Å². The summed E-state index contributed by atoms with van der Waals surface area (Å²) < 4.78 is 5.71. The molecule has 6 heteroatoms. The first kappa shape index (κ1) is 14.7. The molecular weight excluding hydrogens is 322 g/mol. The molecule has 1 fully saturated rings. The van der Waals surface area contributed by atoms with Crippen molar-refractivity contribution in [2.24, 2.45) is 4.99 Å². The van der Waals surface area contributed by atoms with Crippen LogP contribution in [0.4, 0.5) is 5.82 Å². The molecule has 118 valence electrons. The van der Waals surface area contributed by atoms with Crippen molar-refractivity contribution in [3.05, 3.63) is 70.8 Å². The van der Waals surface area contributed by atoms with Crippen molar-refractivity contribution in [1.29, 1.82) is 0 Å². The van der Waals surface area contributed by atoms with Crippen molar-refractivity contribution in [3.8, 4) is 5.75 Å². The first-order valence-electron chi connectivity index (χ1n) is 7.41. The molecule has 0 aliphatic carbocycles. The Morgan fingerprint density at radius 2 is 2.08 bits per heavy atom. The summed E-state index contributed by atoms with van der Waals surface area (Å²) in [5.74, 6) is 1.27. The maximum absolute atomic E-state index is 12.1. The number of hydrogen-bond donors (Lipinski definition) is 1. The number of aliphatic imine (C=N–C) groups is 1. The number of hydrogen-bond acceptors (Lipinski definition) is 5. The van der Waals surface area contributed by atoms with Crippen molar-refractivity contribution >= 4 is 34.7 Å². The molecule has 4 rings (SSSR count). The minimum Gasteiger partial charge on any atom is -0.488 e.